The first-order chi connectivity index (χ1) is 12.8. The number of hydrogen-bond acceptors (Lipinski definition) is 2. The van der Waals surface area contributed by atoms with Crippen LogP contribution in [0.25, 0.3) is 22.5 Å². The molecular weight excluding hydrogens is 322 g/mol. The molecule has 26 heavy (non-hydrogen) atoms. The number of benzene rings is 2. The molecule has 0 aliphatic rings. The Hall–Kier alpha value is -3.66. The largest absolute Gasteiger partial charge is 0.270 e. The summed E-state index contributed by atoms with van der Waals surface area (Å²) in [5.74, 6) is -0.182. The molecule has 0 spiro atoms. The lowest BCUT2D eigenvalue weighted by Crippen LogP contribution is -2.24. The van der Waals surface area contributed by atoms with Crippen LogP contribution in [0.15, 0.2) is 97.3 Å². The number of amides is 1. The summed E-state index contributed by atoms with van der Waals surface area (Å²) in [5.41, 5.74) is 7.49. The SMILES string of the molecule is O=C(Nn1c(-c2ccccc2)ccc1-c1ccccc1)c1ccncc1. The smallest absolute Gasteiger partial charge is 0.267 e. The molecular formula is C22H17N3O. The molecule has 0 aliphatic carbocycles. The van der Waals surface area contributed by atoms with Gasteiger partial charge in [0.05, 0.1) is 11.4 Å². The van der Waals surface area contributed by atoms with Crippen LogP contribution in [0.1, 0.15) is 10.4 Å². The predicted molar refractivity (Wildman–Crippen MR) is 103 cm³/mol. The van der Waals surface area contributed by atoms with Crippen molar-refractivity contribution >= 4 is 5.91 Å². The Balaban J connectivity index is 1.80. The molecule has 0 bridgehead atoms. The van der Waals surface area contributed by atoms with Gasteiger partial charge in [0, 0.05) is 29.1 Å². The average Bonchev–Trinajstić information content (AvgIpc) is 3.13. The van der Waals surface area contributed by atoms with E-state index in [0.717, 1.165) is 22.5 Å². The first kappa shape index (κ1) is 15.8. The summed E-state index contributed by atoms with van der Waals surface area (Å²) in [5, 5.41) is 0. The Bertz CT molecular complexity index is 952. The summed E-state index contributed by atoms with van der Waals surface area (Å²) < 4.78 is 1.84. The molecule has 4 rings (SSSR count). The standard InChI is InChI=1S/C22H17N3O/c26-22(19-13-15-23-16-14-19)24-25-20(17-7-3-1-4-8-17)11-12-21(25)18-9-5-2-6-10-18/h1-16H,(H,24,26). The molecule has 4 heteroatoms. The number of pyridine rings is 1. The minimum Gasteiger partial charge on any atom is -0.267 e. The highest BCUT2D eigenvalue weighted by atomic mass is 16.2. The molecule has 1 N–H and O–H groups in total. The second-order valence-electron chi connectivity index (χ2n) is 5.85. The van der Waals surface area contributed by atoms with Crippen molar-refractivity contribution in [1.82, 2.24) is 9.66 Å². The van der Waals surface area contributed by atoms with Gasteiger partial charge < -0.3 is 0 Å². The van der Waals surface area contributed by atoms with Gasteiger partial charge in [-0.05, 0) is 24.3 Å². The summed E-state index contributed by atoms with van der Waals surface area (Å²) in [6.45, 7) is 0. The molecule has 2 heterocycles. The number of nitrogens with zero attached hydrogens (tertiary/aromatic N) is 2. The van der Waals surface area contributed by atoms with Crippen LogP contribution in [0.4, 0.5) is 0 Å². The van der Waals surface area contributed by atoms with Gasteiger partial charge in [0.15, 0.2) is 0 Å². The third-order valence-corrected chi connectivity index (χ3v) is 4.18. The minimum atomic E-state index is -0.182. The van der Waals surface area contributed by atoms with Gasteiger partial charge in [-0.3, -0.25) is 19.9 Å². The Morgan fingerprint density at radius 3 is 1.69 bits per heavy atom. The molecule has 0 atom stereocenters. The van der Waals surface area contributed by atoms with E-state index in [2.05, 4.69) is 10.4 Å². The second-order valence-corrected chi connectivity index (χ2v) is 5.85. The normalized spacial score (nSPS) is 10.5. The monoisotopic (exact) mass is 339 g/mol. The number of nitrogens with one attached hydrogen (secondary N) is 1. The molecule has 0 saturated heterocycles. The molecule has 1 amide bonds. The number of rotatable bonds is 4. The van der Waals surface area contributed by atoms with Crippen molar-refractivity contribution in [2.75, 3.05) is 5.43 Å². The van der Waals surface area contributed by atoms with Gasteiger partial charge in [0.1, 0.15) is 0 Å². The van der Waals surface area contributed by atoms with Crippen LogP contribution in [0.5, 0.6) is 0 Å². The van der Waals surface area contributed by atoms with Gasteiger partial charge in [0.25, 0.3) is 5.91 Å². The molecule has 2 aromatic carbocycles. The van der Waals surface area contributed by atoms with Crippen molar-refractivity contribution in [1.29, 1.82) is 0 Å². The zero-order chi connectivity index (χ0) is 17.8. The summed E-state index contributed by atoms with van der Waals surface area (Å²) in [6, 6.07) is 27.4. The van der Waals surface area contributed by atoms with Crippen molar-refractivity contribution < 1.29 is 4.79 Å². The van der Waals surface area contributed by atoms with Gasteiger partial charge in [-0.2, -0.15) is 0 Å². The van der Waals surface area contributed by atoms with E-state index in [0.29, 0.717) is 5.56 Å². The molecule has 0 unspecified atom stereocenters. The lowest BCUT2D eigenvalue weighted by Gasteiger charge is -2.15. The predicted octanol–water partition coefficient (Wildman–Crippen LogP) is 4.60. The molecule has 0 fully saturated rings. The lowest BCUT2D eigenvalue weighted by molar-refractivity contribution is 0.101. The van der Waals surface area contributed by atoms with Gasteiger partial charge in [-0.15, -0.1) is 0 Å². The Morgan fingerprint density at radius 2 is 1.19 bits per heavy atom. The van der Waals surface area contributed by atoms with Gasteiger partial charge in [0.2, 0.25) is 0 Å². The highest BCUT2D eigenvalue weighted by Crippen LogP contribution is 2.28. The summed E-state index contributed by atoms with van der Waals surface area (Å²) >= 11 is 0. The maximum absolute atomic E-state index is 12.7. The lowest BCUT2D eigenvalue weighted by atomic mass is 10.2. The van der Waals surface area contributed by atoms with Crippen LogP contribution in [0.3, 0.4) is 0 Å². The van der Waals surface area contributed by atoms with Crippen molar-refractivity contribution in [2.45, 2.75) is 0 Å². The van der Waals surface area contributed by atoms with E-state index in [1.807, 2.05) is 77.5 Å². The van der Waals surface area contributed by atoms with Crippen LogP contribution in [-0.2, 0) is 0 Å². The number of hydrogen-bond donors (Lipinski definition) is 1. The fourth-order valence-electron chi connectivity index (χ4n) is 2.90. The molecule has 4 nitrogen and oxygen atoms in total. The van der Waals surface area contributed by atoms with Crippen LogP contribution in [0.2, 0.25) is 0 Å². The summed E-state index contributed by atoms with van der Waals surface area (Å²) in [4.78, 5) is 16.7. The molecule has 4 aromatic rings. The second kappa shape index (κ2) is 7.07. The molecule has 0 radical (unpaired) electrons. The molecule has 0 saturated carbocycles. The van der Waals surface area contributed by atoms with E-state index in [1.54, 1.807) is 24.5 Å². The van der Waals surface area contributed by atoms with Gasteiger partial charge >= 0.3 is 0 Å². The zero-order valence-electron chi connectivity index (χ0n) is 14.0. The first-order valence-corrected chi connectivity index (χ1v) is 8.37. The third-order valence-electron chi connectivity index (χ3n) is 4.18. The number of carbonyl (C=O) groups is 1. The van der Waals surface area contributed by atoms with E-state index in [9.17, 15) is 4.79 Å². The van der Waals surface area contributed by atoms with Crippen molar-refractivity contribution in [3.8, 4) is 22.5 Å². The maximum Gasteiger partial charge on any atom is 0.270 e. The van der Waals surface area contributed by atoms with E-state index in [1.165, 1.54) is 0 Å². The van der Waals surface area contributed by atoms with Gasteiger partial charge in [-0.25, -0.2) is 0 Å². The topological polar surface area (TPSA) is 46.9 Å². The van der Waals surface area contributed by atoms with Gasteiger partial charge in [-0.1, -0.05) is 60.7 Å². The Morgan fingerprint density at radius 1 is 0.692 bits per heavy atom. The molecule has 2 aromatic heterocycles. The van der Waals surface area contributed by atoms with Crippen LogP contribution >= 0.6 is 0 Å². The minimum absolute atomic E-state index is 0.182. The molecule has 126 valence electrons. The average molecular weight is 339 g/mol. The summed E-state index contributed by atoms with van der Waals surface area (Å²) in [6.07, 6.45) is 3.22. The van der Waals surface area contributed by atoms with E-state index < -0.39 is 0 Å². The fraction of sp³-hybridized carbons (Fsp3) is 0. The van der Waals surface area contributed by atoms with Crippen molar-refractivity contribution in [3.05, 3.63) is 103 Å². The van der Waals surface area contributed by atoms with E-state index in [4.69, 9.17) is 0 Å². The van der Waals surface area contributed by atoms with Crippen LogP contribution in [0, 0.1) is 0 Å². The Kier molecular flexibility index (Phi) is 4.31. The highest BCUT2D eigenvalue weighted by molar-refractivity contribution is 6.00. The summed E-state index contributed by atoms with van der Waals surface area (Å²) in [7, 11) is 0. The molecule has 0 aliphatic heterocycles. The van der Waals surface area contributed by atoms with Crippen molar-refractivity contribution in [2.24, 2.45) is 0 Å². The van der Waals surface area contributed by atoms with E-state index in [-0.39, 0.29) is 5.91 Å². The van der Waals surface area contributed by atoms with Crippen LogP contribution < -0.4 is 5.43 Å². The van der Waals surface area contributed by atoms with E-state index >= 15 is 0 Å². The number of carbonyl (C=O) groups excluding carboxylic acids is 1. The quantitative estimate of drug-likeness (QED) is 0.590. The van der Waals surface area contributed by atoms with Crippen LogP contribution in [-0.4, -0.2) is 15.6 Å². The Labute approximate surface area is 151 Å². The number of aromatic nitrogens is 2. The highest BCUT2D eigenvalue weighted by Gasteiger charge is 2.14. The zero-order valence-corrected chi connectivity index (χ0v) is 14.0. The third kappa shape index (κ3) is 3.13. The first-order valence-electron chi connectivity index (χ1n) is 8.37. The van der Waals surface area contributed by atoms with Crippen molar-refractivity contribution in [3.63, 3.8) is 0 Å². The maximum atomic E-state index is 12.7. The fourth-order valence-corrected chi connectivity index (χ4v) is 2.90.